The third-order valence-corrected chi connectivity index (χ3v) is 2.39. The summed E-state index contributed by atoms with van der Waals surface area (Å²) in [5, 5.41) is 17.6. The molecule has 0 bridgehead atoms. The van der Waals surface area contributed by atoms with E-state index in [1.54, 1.807) is 0 Å². The highest BCUT2D eigenvalue weighted by Crippen LogP contribution is 2.16. The van der Waals surface area contributed by atoms with Crippen molar-refractivity contribution < 1.29 is 19.3 Å². The molecule has 1 rings (SSSR count). The van der Waals surface area contributed by atoms with Crippen LogP contribution in [0.2, 0.25) is 0 Å². The van der Waals surface area contributed by atoms with Gasteiger partial charge >= 0.3 is 11.8 Å². The van der Waals surface area contributed by atoms with E-state index in [1.165, 1.54) is 18.2 Å². The predicted octanol–water partition coefficient (Wildman–Crippen LogP) is -0.214. The third kappa shape index (κ3) is 5.68. The van der Waals surface area contributed by atoms with Gasteiger partial charge in [-0.05, 0) is 12.5 Å². The number of benzene rings is 1. The summed E-state index contributed by atoms with van der Waals surface area (Å²) >= 11 is 0. The average Bonchev–Trinajstić information content (AvgIpc) is 2.47. The smallest absolute Gasteiger partial charge is 0.313 e. The van der Waals surface area contributed by atoms with Crippen LogP contribution in [0.3, 0.4) is 0 Å². The van der Waals surface area contributed by atoms with E-state index in [9.17, 15) is 24.5 Å². The van der Waals surface area contributed by atoms with Gasteiger partial charge in [0.15, 0.2) is 0 Å². The van der Waals surface area contributed by atoms with Crippen molar-refractivity contribution in [1.82, 2.24) is 10.6 Å². The van der Waals surface area contributed by atoms with Crippen LogP contribution in [0.4, 0.5) is 11.4 Å². The molecule has 1 aromatic carbocycles. The lowest BCUT2D eigenvalue weighted by Crippen LogP contribution is -2.36. The lowest BCUT2D eigenvalue weighted by atomic mass is 10.3. The Labute approximate surface area is 119 Å². The summed E-state index contributed by atoms with van der Waals surface area (Å²) in [6.45, 7) is 0.609. The SMILES string of the molecule is O=CNCCCNC(=O)C(=O)Nc1cccc([N+](=O)[O-])c1. The highest BCUT2D eigenvalue weighted by atomic mass is 16.6. The summed E-state index contributed by atoms with van der Waals surface area (Å²) in [5.74, 6) is -1.77. The highest BCUT2D eigenvalue weighted by Gasteiger charge is 2.14. The first kappa shape index (κ1) is 16.1. The van der Waals surface area contributed by atoms with Gasteiger partial charge in [-0.25, -0.2) is 0 Å². The molecule has 0 unspecified atom stereocenters. The molecule has 3 N–H and O–H groups in total. The Morgan fingerprint density at radius 2 is 2.00 bits per heavy atom. The average molecular weight is 294 g/mol. The van der Waals surface area contributed by atoms with Gasteiger partial charge in [-0.15, -0.1) is 0 Å². The second-order valence-corrected chi connectivity index (χ2v) is 3.94. The van der Waals surface area contributed by atoms with E-state index >= 15 is 0 Å². The van der Waals surface area contributed by atoms with Gasteiger partial charge in [0.2, 0.25) is 6.41 Å². The van der Waals surface area contributed by atoms with Crippen LogP contribution < -0.4 is 16.0 Å². The molecule has 0 aliphatic rings. The monoisotopic (exact) mass is 294 g/mol. The molecule has 1 aromatic rings. The molecule has 112 valence electrons. The Bertz CT molecular complexity index is 546. The van der Waals surface area contributed by atoms with E-state index in [0.29, 0.717) is 19.4 Å². The van der Waals surface area contributed by atoms with Gasteiger partial charge in [-0.2, -0.15) is 0 Å². The maximum absolute atomic E-state index is 11.5. The standard InChI is InChI=1S/C12H14N4O5/c17-8-13-5-2-6-14-11(18)12(19)15-9-3-1-4-10(7-9)16(20)21/h1,3-4,7-8H,2,5-6H2,(H,13,17)(H,14,18)(H,15,19). The number of nitrogens with zero attached hydrogens (tertiary/aromatic N) is 1. The molecule has 0 saturated carbocycles. The summed E-state index contributed by atoms with van der Waals surface area (Å²) < 4.78 is 0. The molecular weight excluding hydrogens is 280 g/mol. The molecule has 9 heteroatoms. The Kier molecular flexibility index (Phi) is 6.32. The number of carbonyl (C=O) groups is 3. The molecule has 0 spiro atoms. The van der Waals surface area contributed by atoms with Crippen LogP contribution in [0.1, 0.15) is 6.42 Å². The molecule has 21 heavy (non-hydrogen) atoms. The minimum Gasteiger partial charge on any atom is -0.359 e. The number of hydrogen-bond donors (Lipinski definition) is 3. The van der Waals surface area contributed by atoms with Crippen molar-refractivity contribution in [1.29, 1.82) is 0 Å². The van der Waals surface area contributed by atoms with Gasteiger partial charge in [-0.1, -0.05) is 6.07 Å². The van der Waals surface area contributed by atoms with Gasteiger partial charge in [0.05, 0.1) is 4.92 Å². The lowest BCUT2D eigenvalue weighted by Gasteiger charge is -2.06. The van der Waals surface area contributed by atoms with Crippen LogP contribution in [0.5, 0.6) is 0 Å². The van der Waals surface area contributed by atoms with E-state index in [1.807, 2.05) is 0 Å². The molecule has 3 amide bonds. The lowest BCUT2D eigenvalue weighted by molar-refractivity contribution is -0.384. The first-order valence-electron chi connectivity index (χ1n) is 6.05. The second kappa shape index (κ2) is 8.25. The summed E-state index contributed by atoms with van der Waals surface area (Å²) in [6, 6.07) is 5.26. The normalized spacial score (nSPS) is 9.52. The molecule has 0 aliphatic heterocycles. The van der Waals surface area contributed by atoms with Crippen LogP contribution in [0, 0.1) is 10.1 Å². The zero-order valence-corrected chi connectivity index (χ0v) is 11.0. The molecule has 0 aliphatic carbocycles. The summed E-state index contributed by atoms with van der Waals surface area (Å²) in [4.78, 5) is 43.0. The number of carbonyl (C=O) groups excluding carboxylic acids is 3. The van der Waals surface area contributed by atoms with Crippen LogP contribution in [0.15, 0.2) is 24.3 Å². The molecule has 0 atom stereocenters. The number of nitrogens with one attached hydrogen (secondary N) is 3. The Morgan fingerprint density at radius 3 is 2.67 bits per heavy atom. The van der Waals surface area contributed by atoms with Crippen molar-refractivity contribution in [2.45, 2.75) is 6.42 Å². The second-order valence-electron chi connectivity index (χ2n) is 3.94. The summed E-state index contributed by atoms with van der Waals surface area (Å²) in [5.41, 5.74) is -0.0277. The topological polar surface area (TPSA) is 130 Å². The largest absolute Gasteiger partial charge is 0.359 e. The molecule has 0 heterocycles. The predicted molar refractivity (Wildman–Crippen MR) is 73.4 cm³/mol. The van der Waals surface area contributed by atoms with Crippen molar-refractivity contribution in [3.8, 4) is 0 Å². The number of rotatable bonds is 7. The van der Waals surface area contributed by atoms with E-state index < -0.39 is 16.7 Å². The Morgan fingerprint density at radius 1 is 1.24 bits per heavy atom. The van der Waals surface area contributed by atoms with Crippen LogP contribution in [-0.2, 0) is 14.4 Å². The van der Waals surface area contributed by atoms with Crippen LogP contribution in [-0.4, -0.2) is 36.2 Å². The molecular formula is C12H14N4O5. The number of nitro benzene ring substituents is 1. The summed E-state index contributed by atoms with van der Waals surface area (Å²) in [7, 11) is 0. The van der Waals surface area contributed by atoms with Gasteiger partial charge in [0, 0.05) is 30.9 Å². The number of amides is 3. The fourth-order valence-electron chi connectivity index (χ4n) is 1.42. The minimum absolute atomic E-state index is 0.159. The van der Waals surface area contributed by atoms with Gasteiger partial charge in [-0.3, -0.25) is 24.5 Å². The van der Waals surface area contributed by atoms with Gasteiger partial charge in [0.25, 0.3) is 5.69 Å². The number of non-ortho nitro benzene ring substituents is 1. The van der Waals surface area contributed by atoms with Crippen molar-refractivity contribution in [3.63, 3.8) is 0 Å². The van der Waals surface area contributed by atoms with Crippen molar-refractivity contribution in [2.75, 3.05) is 18.4 Å². The van der Waals surface area contributed by atoms with Crippen LogP contribution in [0.25, 0.3) is 0 Å². The maximum atomic E-state index is 11.5. The van der Waals surface area contributed by atoms with E-state index in [2.05, 4.69) is 16.0 Å². The van der Waals surface area contributed by atoms with Crippen molar-refractivity contribution in [2.24, 2.45) is 0 Å². The quantitative estimate of drug-likeness (QED) is 0.210. The third-order valence-electron chi connectivity index (χ3n) is 2.39. The van der Waals surface area contributed by atoms with E-state index in [0.717, 1.165) is 6.07 Å². The Balaban J connectivity index is 2.45. The number of hydrogen-bond acceptors (Lipinski definition) is 5. The maximum Gasteiger partial charge on any atom is 0.313 e. The molecule has 0 radical (unpaired) electrons. The van der Waals surface area contributed by atoms with Gasteiger partial charge < -0.3 is 16.0 Å². The minimum atomic E-state index is -0.918. The number of nitro groups is 1. The molecule has 9 nitrogen and oxygen atoms in total. The van der Waals surface area contributed by atoms with Crippen molar-refractivity contribution >= 4 is 29.6 Å². The zero-order chi connectivity index (χ0) is 15.7. The van der Waals surface area contributed by atoms with Crippen LogP contribution >= 0.6 is 0 Å². The zero-order valence-electron chi connectivity index (χ0n) is 11.0. The molecule has 0 fully saturated rings. The first-order valence-corrected chi connectivity index (χ1v) is 6.05. The first-order chi connectivity index (χ1) is 10.0. The highest BCUT2D eigenvalue weighted by molar-refractivity contribution is 6.39. The molecule has 0 aromatic heterocycles. The van der Waals surface area contributed by atoms with E-state index in [-0.39, 0.29) is 17.9 Å². The fraction of sp³-hybridized carbons (Fsp3) is 0.250. The number of anilines is 1. The molecule has 0 saturated heterocycles. The van der Waals surface area contributed by atoms with Crippen molar-refractivity contribution in [3.05, 3.63) is 34.4 Å². The van der Waals surface area contributed by atoms with E-state index in [4.69, 9.17) is 0 Å². The summed E-state index contributed by atoms with van der Waals surface area (Å²) in [6.07, 6.45) is 1.02. The fourth-order valence-corrected chi connectivity index (χ4v) is 1.42. The Hall–Kier alpha value is -2.97. The van der Waals surface area contributed by atoms with Gasteiger partial charge in [0.1, 0.15) is 0 Å².